The van der Waals surface area contributed by atoms with Crippen LogP contribution >= 0.6 is 11.8 Å². The SMILES string of the molecule is CCSCCCN(C)C1CNC1. The van der Waals surface area contributed by atoms with Crippen LogP contribution in [0, 0.1) is 0 Å². The van der Waals surface area contributed by atoms with Crippen molar-refractivity contribution >= 4 is 11.8 Å². The first-order valence-corrected chi connectivity index (χ1v) is 5.98. The molecule has 0 radical (unpaired) electrons. The maximum atomic E-state index is 3.30. The predicted molar refractivity (Wildman–Crippen MR) is 56.9 cm³/mol. The fourth-order valence-electron chi connectivity index (χ4n) is 1.33. The normalized spacial score (nSPS) is 18.2. The Morgan fingerprint density at radius 1 is 1.50 bits per heavy atom. The van der Waals surface area contributed by atoms with Crippen molar-refractivity contribution in [1.82, 2.24) is 10.2 Å². The van der Waals surface area contributed by atoms with Gasteiger partial charge in [0.1, 0.15) is 0 Å². The maximum absolute atomic E-state index is 3.30. The Bertz CT molecular complexity index is 115. The molecule has 0 unspecified atom stereocenters. The van der Waals surface area contributed by atoms with Gasteiger partial charge in [0, 0.05) is 19.1 Å². The minimum atomic E-state index is 0.816. The molecule has 1 heterocycles. The quantitative estimate of drug-likeness (QED) is 0.627. The maximum Gasteiger partial charge on any atom is 0.0342 e. The Kier molecular flexibility index (Phi) is 5.04. The number of nitrogens with one attached hydrogen (secondary N) is 1. The highest BCUT2D eigenvalue weighted by atomic mass is 32.2. The molecule has 1 saturated heterocycles. The first-order valence-electron chi connectivity index (χ1n) is 4.83. The summed E-state index contributed by atoms with van der Waals surface area (Å²) in [6.45, 7) is 5.87. The molecule has 0 aliphatic carbocycles. The lowest BCUT2D eigenvalue weighted by Crippen LogP contribution is -2.56. The number of nitrogens with zero attached hydrogens (tertiary/aromatic N) is 1. The van der Waals surface area contributed by atoms with Gasteiger partial charge in [0.05, 0.1) is 0 Å². The topological polar surface area (TPSA) is 15.3 Å². The molecule has 0 aromatic rings. The molecule has 3 heteroatoms. The van der Waals surface area contributed by atoms with E-state index >= 15 is 0 Å². The van der Waals surface area contributed by atoms with Gasteiger partial charge in [-0.25, -0.2) is 0 Å². The number of likely N-dealkylation sites (N-methyl/N-ethyl adjacent to an activating group) is 1. The first-order chi connectivity index (χ1) is 5.84. The van der Waals surface area contributed by atoms with E-state index in [0.29, 0.717) is 0 Å². The molecule has 2 nitrogen and oxygen atoms in total. The van der Waals surface area contributed by atoms with Crippen molar-refractivity contribution in [2.75, 3.05) is 38.2 Å². The fraction of sp³-hybridized carbons (Fsp3) is 1.00. The molecule has 0 bridgehead atoms. The van der Waals surface area contributed by atoms with E-state index in [2.05, 4.69) is 24.2 Å². The summed E-state index contributed by atoms with van der Waals surface area (Å²) in [6.07, 6.45) is 1.34. The van der Waals surface area contributed by atoms with Gasteiger partial charge in [0.25, 0.3) is 0 Å². The number of rotatable bonds is 6. The van der Waals surface area contributed by atoms with Crippen LogP contribution in [0.5, 0.6) is 0 Å². The molecule has 0 amide bonds. The number of thioether (sulfide) groups is 1. The standard InChI is InChI=1S/C9H20N2S/c1-3-12-6-4-5-11(2)9-7-10-8-9/h9-10H,3-8H2,1-2H3. The van der Waals surface area contributed by atoms with Crippen LogP contribution in [0.2, 0.25) is 0 Å². The molecule has 1 N–H and O–H groups in total. The lowest BCUT2D eigenvalue weighted by Gasteiger charge is -2.35. The van der Waals surface area contributed by atoms with Gasteiger partial charge in [-0.15, -0.1) is 0 Å². The molecule has 1 aliphatic heterocycles. The minimum Gasteiger partial charge on any atom is -0.314 e. The third-order valence-corrected chi connectivity index (χ3v) is 3.37. The molecular weight excluding hydrogens is 168 g/mol. The average Bonchev–Trinajstić information content (AvgIpc) is 1.95. The Labute approximate surface area is 80.1 Å². The summed E-state index contributed by atoms with van der Waals surface area (Å²) in [5, 5.41) is 3.30. The summed E-state index contributed by atoms with van der Waals surface area (Å²) < 4.78 is 0. The van der Waals surface area contributed by atoms with Gasteiger partial charge in [-0.2, -0.15) is 11.8 Å². The van der Waals surface area contributed by atoms with Crippen molar-refractivity contribution in [3.8, 4) is 0 Å². The van der Waals surface area contributed by atoms with Crippen LogP contribution in [0.4, 0.5) is 0 Å². The van der Waals surface area contributed by atoms with E-state index in [9.17, 15) is 0 Å². The van der Waals surface area contributed by atoms with Crippen LogP contribution in [0.1, 0.15) is 13.3 Å². The Morgan fingerprint density at radius 3 is 2.75 bits per heavy atom. The largest absolute Gasteiger partial charge is 0.314 e. The van der Waals surface area contributed by atoms with Crippen molar-refractivity contribution in [3.63, 3.8) is 0 Å². The van der Waals surface area contributed by atoms with Crippen LogP contribution < -0.4 is 5.32 Å². The van der Waals surface area contributed by atoms with E-state index < -0.39 is 0 Å². The zero-order chi connectivity index (χ0) is 8.81. The number of hydrogen-bond donors (Lipinski definition) is 1. The zero-order valence-electron chi connectivity index (χ0n) is 8.18. The summed E-state index contributed by atoms with van der Waals surface area (Å²) in [4.78, 5) is 2.48. The van der Waals surface area contributed by atoms with Crippen molar-refractivity contribution < 1.29 is 0 Å². The summed E-state index contributed by atoms with van der Waals surface area (Å²) >= 11 is 2.05. The second-order valence-corrected chi connectivity index (χ2v) is 4.74. The molecule has 1 rings (SSSR count). The molecule has 0 aromatic heterocycles. The molecule has 1 fully saturated rings. The monoisotopic (exact) mass is 188 g/mol. The molecule has 1 aliphatic rings. The van der Waals surface area contributed by atoms with Gasteiger partial charge < -0.3 is 10.2 Å². The van der Waals surface area contributed by atoms with E-state index in [1.54, 1.807) is 0 Å². The lowest BCUT2D eigenvalue weighted by atomic mass is 10.1. The van der Waals surface area contributed by atoms with Crippen molar-refractivity contribution in [2.45, 2.75) is 19.4 Å². The van der Waals surface area contributed by atoms with Gasteiger partial charge in [0.15, 0.2) is 0 Å². The lowest BCUT2D eigenvalue weighted by molar-refractivity contribution is 0.181. The van der Waals surface area contributed by atoms with Gasteiger partial charge in [0.2, 0.25) is 0 Å². The van der Waals surface area contributed by atoms with E-state index in [1.807, 2.05) is 11.8 Å². The van der Waals surface area contributed by atoms with E-state index in [0.717, 1.165) is 6.04 Å². The summed E-state index contributed by atoms with van der Waals surface area (Å²) in [6, 6.07) is 0.816. The summed E-state index contributed by atoms with van der Waals surface area (Å²) in [5.41, 5.74) is 0. The highest BCUT2D eigenvalue weighted by molar-refractivity contribution is 7.99. The van der Waals surface area contributed by atoms with Gasteiger partial charge in [-0.05, 0) is 31.5 Å². The molecular formula is C9H20N2S. The second kappa shape index (κ2) is 5.84. The molecule has 0 aromatic carbocycles. The smallest absolute Gasteiger partial charge is 0.0342 e. The second-order valence-electron chi connectivity index (χ2n) is 3.34. The van der Waals surface area contributed by atoms with E-state index in [4.69, 9.17) is 0 Å². The zero-order valence-corrected chi connectivity index (χ0v) is 8.99. The van der Waals surface area contributed by atoms with Crippen LogP contribution in [-0.2, 0) is 0 Å². The molecule has 12 heavy (non-hydrogen) atoms. The van der Waals surface area contributed by atoms with Crippen molar-refractivity contribution in [2.24, 2.45) is 0 Å². The molecule has 72 valence electrons. The van der Waals surface area contributed by atoms with E-state index in [-0.39, 0.29) is 0 Å². The molecule has 0 saturated carbocycles. The highest BCUT2D eigenvalue weighted by Gasteiger charge is 2.20. The van der Waals surface area contributed by atoms with Crippen LogP contribution in [-0.4, -0.2) is 49.1 Å². The number of hydrogen-bond acceptors (Lipinski definition) is 3. The predicted octanol–water partition coefficient (Wildman–Crippen LogP) is 1.03. The fourth-order valence-corrected chi connectivity index (χ4v) is 1.95. The Balaban J connectivity index is 1.91. The third-order valence-electron chi connectivity index (χ3n) is 2.39. The first kappa shape index (κ1) is 10.4. The Hall–Kier alpha value is 0.270. The van der Waals surface area contributed by atoms with Gasteiger partial charge in [-0.3, -0.25) is 0 Å². The van der Waals surface area contributed by atoms with Crippen LogP contribution in [0.15, 0.2) is 0 Å². The van der Waals surface area contributed by atoms with E-state index in [1.165, 1.54) is 37.6 Å². The highest BCUT2D eigenvalue weighted by Crippen LogP contribution is 2.05. The summed E-state index contributed by atoms with van der Waals surface area (Å²) in [5.74, 6) is 2.58. The molecule has 0 spiro atoms. The van der Waals surface area contributed by atoms with Crippen molar-refractivity contribution in [3.05, 3.63) is 0 Å². The third kappa shape index (κ3) is 3.33. The average molecular weight is 188 g/mol. The van der Waals surface area contributed by atoms with Gasteiger partial charge in [-0.1, -0.05) is 6.92 Å². The van der Waals surface area contributed by atoms with Crippen LogP contribution in [0.25, 0.3) is 0 Å². The summed E-state index contributed by atoms with van der Waals surface area (Å²) in [7, 11) is 2.24. The minimum absolute atomic E-state index is 0.816. The Morgan fingerprint density at radius 2 is 2.25 bits per heavy atom. The van der Waals surface area contributed by atoms with Gasteiger partial charge >= 0.3 is 0 Å². The van der Waals surface area contributed by atoms with Crippen LogP contribution in [0.3, 0.4) is 0 Å². The van der Waals surface area contributed by atoms with Crippen molar-refractivity contribution in [1.29, 1.82) is 0 Å². The molecule has 0 atom stereocenters.